The molecule has 2 heterocycles. The number of benzene rings is 1. The van der Waals surface area contributed by atoms with Crippen LogP contribution in [0, 0.1) is 5.82 Å². The lowest BCUT2D eigenvalue weighted by atomic mass is 9.84. The van der Waals surface area contributed by atoms with Crippen molar-refractivity contribution in [1.29, 1.82) is 0 Å². The third kappa shape index (κ3) is 5.47. The summed E-state index contributed by atoms with van der Waals surface area (Å²) in [5.74, 6) is 2.53. The quantitative estimate of drug-likeness (QED) is 0.554. The Morgan fingerprint density at radius 2 is 2.07 bits per heavy atom. The normalized spacial score (nSPS) is 15.0. The summed E-state index contributed by atoms with van der Waals surface area (Å²) in [4.78, 5) is 4.30. The lowest BCUT2D eigenvalue weighted by molar-refractivity contribution is 0.506. The number of aromatic nitrogens is 3. The number of nitrogens with one attached hydrogen (secondary N) is 2. The zero-order chi connectivity index (χ0) is 20.9. The molecule has 2 N–H and O–H groups in total. The number of aryl methyl sites for hydroxylation is 1. The van der Waals surface area contributed by atoms with Crippen LogP contribution in [0.2, 0.25) is 5.02 Å². The van der Waals surface area contributed by atoms with Gasteiger partial charge < -0.3 is 15.2 Å². The smallest absolute Gasteiger partial charge is 0.191 e. The fourth-order valence-corrected chi connectivity index (χ4v) is 4.10. The highest BCUT2D eigenvalue weighted by Gasteiger charge is 2.24. The molecular weight excluding hydrogens is 391 g/mol. The Morgan fingerprint density at radius 1 is 1.24 bits per heavy atom. The molecule has 8 heteroatoms. The Morgan fingerprint density at radius 3 is 2.83 bits per heavy atom. The van der Waals surface area contributed by atoms with E-state index in [1.807, 2.05) is 0 Å². The SMILES string of the molecule is CN=C(NCCc1nnc2n1CCCCC2)NCC(C)(C)c1ccc(F)cc1Cl. The molecule has 0 saturated heterocycles. The second kappa shape index (κ2) is 9.57. The Balaban J connectivity index is 1.53. The van der Waals surface area contributed by atoms with E-state index in [1.54, 1.807) is 13.1 Å². The van der Waals surface area contributed by atoms with Crippen molar-refractivity contribution in [3.63, 3.8) is 0 Å². The Kier molecular flexibility index (Phi) is 7.11. The first kappa shape index (κ1) is 21.6. The summed E-state index contributed by atoms with van der Waals surface area (Å²) in [6, 6.07) is 4.54. The molecule has 1 aliphatic heterocycles. The number of hydrogen-bond donors (Lipinski definition) is 2. The van der Waals surface area contributed by atoms with Gasteiger partial charge in [0.05, 0.1) is 0 Å². The van der Waals surface area contributed by atoms with Crippen LogP contribution in [0.3, 0.4) is 0 Å². The van der Waals surface area contributed by atoms with Crippen LogP contribution < -0.4 is 10.6 Å². The highest BCUT2D eigenvalue weighted by atomic mass is 35.5. The Labute approximate surface area is 177 Å². The van der Waals surface area contributed by atoms with Crippen LogP contribution in [0.25, 0.3) is 0 Å². The van der Waals surface area contributed by atoms with Crippen molar-refractivity contribution in [1.82, 2.24) is 25.4 Å². The van der Waals surface area contributed by atoms with Gasteiger partial charge in [0.1, 0.15) is 17.5 Å². The molecule has 2 aromatic rings. The van der Waals surface area contributed by atoms with Gasteiger partial charge in [0.15, 0.2) is 5.96 Å². The molecule has 0 unspecified atom stereocenters. The average Bonchev–Trinajstić information content (AvgIpc) is 2.90. The summed E-state index contributed by atoms with van der Waals surface area (Å²) in [6.07, 6.45) is 5.45. The molecule has 0 bridgehead atoms. The van der Waals surface area contributed by atoms with Crippen molar-refractivity contribution < 1.29 is 4.39 Å². The maximum absolute atomic E-state index is 13.3. The Bertz CT molecular complexity index is 861. The van der Waals surface area contributed by atoms with Gasteiger partial charge in [-0.25, -0.2) is 4.39 Å². The van der Waals surface area contributed by atoms with Crippen molar-refractivity contribution in [3.8, 4) is 0 Å². The number of nitrogens with zero attached hydrogens (tertiary/aromatic N) is 4. The summed E-state index contributed by atoms with van der Waals surface area (Å²) >= 11 is 6.24. The maximum atomic E-state index is 13.3. The van der Waals surface area contributed by atoms with Gasteiger partial charge in [-0.2, -0.15) is 0 Å². The van der Waals surface area contributed by atoms with Crippen molar-refractivity contribution in [2.24, 2.45) is 4.99 Å². The molecular formula is C21H30ClFN6. The third-order valence-corrected chi connectivity index (χ3v) is 5.72. The third-order valence-electron chi connectivity index (χ3n) is 5.41. The largest absolute Gasteiger partial charge is 0.356 e. The minimum Gasteiger partial charge on any atom is -0.356 e. The fourth-order valence-electron chi connectivity index (χ4n) is 3.68. The first-order valence-electron chi connectivity index (χ1n) is 10.2. The van der Waals surface area contributed by atoms with Gasteiger partial charge in [-0.15, -0.1) is 10.2 Å². The fraction of sp³-hybridized carbons (Fsp3) is 0.571. The zero-order valence-electron chi connectivity index (χ0n) is 17.4. The molecule has 3 rings (SSSR count). The molecule has 158 valence electrons. The number of hydrogen-bond acceptors (Lipinski definition) is 3. The molecule has 1 aromatic heterocycles. The van der Waals surface area contributed by atoms with E-state index < -0.39 is 0 Å². The van der Waals surface area contributed by atoms with Crippen LogP contribution in [-0.2, 0) is 24.8 Å². The highest BCUT2D eigenvalue weighted by molar-refractivity contribution is 6.31. The molecule has 1 aliphatic rings. The summed E-state index contributed by atoms with van der Waals surface area (Å²) < 4.78 is 15.6. The van der Waals surface area contributed by atoms with Gasteiger partial charge in [0, 0.05) is 50.0 Å². The molecule has 0 spiro atoms. The van der Waals surface area contributed by atoms with Crippen LogP contribution in [-0.4, -0.2) is 40.9 Å². The molecule has 0 saturated carbocycles. The highest BCUT2D eigenvalue weighted by Crippen LogP contribution is 2.29. The van der Waals surface area contributed by atoms with Crippen LogP contribution in [0.15, 0.2) is 23.2 Å². The van der Waals surface area contributed by atoms with Crippen molar-refractivity contribution >= 4 is 17.6 Å². The number of fused-ring (bicyclic) bond motifs is 1. The number of rotatable bonds is 6. The molecule has 1 aromatic carbocycles. The van der Waals surface area contributed by atoms with E-state index in [4.69, 9.17) is 11.6 Å². The molecule has 0 radical (unpaired) electrons. The standard InChI is InChI=1S/C21H30ClFN6/c1-21(2,16-9-8-15(23)13-17(16)22)14-26-20(24-3)25-11-10-19-28-27-18-7-5-4-6-12-29(18)19/h8-9,13H,4-7,10-12,14H2,1-3H3,(H2,24,25,26). The van der Waals surface area contributed by atoms with E-state index >= 15 is 0 Å². The van der Waals surface area contributed by atoms with Crippen LogP contribution >= 0.6 is 11.6 Å². The van der Waals surface area contributed by atoms with Crippen LogP contribution in [0.1, 0.15) is 50.3 Å². The molecule has 0 atom stereocenters. The van der Waals surface area contributed by atoms with Crippen molar-refractivity contribution in [2.45, 2.75) is 57.9 Å². The van der Waals surface area contributed by atoms with Crippen molar-refractivity contribution in [2.75, 3.05) is 20.1 Å². The molecule has 29 heavy (non-hydrogen) atoms. The van der Waals surface area contributed by atoms with E-state index in [2.05, 4.69) is 44.2 Å². The summed E-state index contributed by atoms with van der Waals surface area (Å²) in [7, 11) is 1.75. The average molecular weight is 421 g/mol. The minimum atomic E-state index is -0.327. The number of guanidine groups is 1. The van der Waals surface area contributed by atoms with Gasteiger partial charge in [-0.3, -0.25) is 4.99 Å². The van der Waals surface area contributed by atoms with Gasteiger partial charge >= 0.3 is 0 Å². The van der Waals surface area contributed by atoms with E-state index in [-0.39, 0.29) is 11.2 Å². The maximum Gasteiger partial charge on any atom is 0.191 e. The monoisotopic (exact) mass is 420 g/mol. The second-order valence-electron chi connectivity index (χ2n) is 8.11. The molecule has 6 nitrogen and oxygen atoms in total. The van der Waals surface area contributed by atoms with Gasteiger partial charge in [0.25, 0.3) is 0 Å². The second-order valence-corrected chi connectivity index (χ2v) is 8.51. The summed E-state index contributed by atoms with van der Waals surface area (Å²) in [5.41, 5.74) is 0.613. The van der Waals surface area contributed by atoms with E-state index in [0.29, 0.717) is 17.5 Å². The zero-order valence-corrected chi connectivity index (χ0v) is 18.2. The van der Waals surface area contributed by atoms with E-state index in [9.17, 15) is 4.39 Å². The Hall–Kier alpha value is -2.15. The lowest BCUT2D eigenvalue weighted by Gasteiger charge is -2.27. The van der Waals surface area contributed by atoms with Crippen LogP contribution in [0.5, 0.6) is 0 Å². The topological polar surface area (TPSA) is 67.1 Å². The minimum absolute atomic E-state index is 0.285. The first-order valence-corrected chi connectivity index (χ1v) is 10.6. The van der Waals surface area contributed by atoms with Gasteiger partial charge in [0.2, 0.25) is 0 Å². The number of aliphatic imine (C=N–C) groups is 1. The molecule has 0 aliphatic carbocycles. The predicted octanol–water partition coefficient (Wildman–Crippen LogP) is 3.48. The number of halogens is 2. The summed E-state index contributed by atoms with van der Waals surface area (Å²) in [5, 5.41) is 15.8. The lowest BCUT2D eigenvalue weighted by Crippen LogP contribution is -2.44. The van der Waals surface area contributed by atoms with Gasteiger partial charge in [-0.1, -0.05) is 37.9 Å². The van der Waals surface area contributed by atoms with E-state index in [1.165, 1.54) is 31.4 Å². The molecule has 0 amide bonds. The van der Waals surface area contributed by atoms with Crippen LogP contribution in [0.4, 0.5) is 4.39 Å². The van der Waals surface area contributed by atoms with Crippen molar-refractivity contribution in [3.05, 3.63) is 46.3 Å². The molecule has 0 fully saturated rings. The first-order chi connectivity index (χ1) is 13.9. The van der Waals surface area contributed by atoms with E-state index in [0.717, 1.165) is 43.1 Å². The van der Waals surface area contributed by atoms with Gasteiger partial charge in [-0.05, 0) is 30.5 Å². The summed E-state index contributed by atoms with van der Waals surface area (Å²) in [6.45, 7) is 6.47. The predicted molar refractivity (Wildman–Crippen MR) is 115 cm³/mol.